The van der Waals surface area contributed by atoms with Crippen molar-refractivity contribution in [3.05, 3.63) is 35.6 Å². The molecule has 0 atom stereocenters. The molecule has 0 saturated heterocycles. The molecule has 11 heavy (non-hydrogen) atoms. The molecule has 0 aromatic heterocycles. The Hall–Kier alpha value is -0.690. The van der Waals surface area contributed by atoms with E-state index in [-0.39, 0.29) is 0 Å². The van der Waals surface area contributed by atoms with Gasteiger partial charge in [0.25, 0.3) is 0 Å². The smallest absolute Gasteiger partial charge is 0.0791 e. The van der Waals surface area contributed by atoms with E-state index >= 15 is 0 Å². The first-order valence-electron chi connectivity index (χ1n) is 3.55. The number of allylic oxidation sites excluding steroid dienone is 4. The van der Waals surface area contributed by atoms with Crippen LogP contribution in [0.4, 0.5) is 0 Å². The van der Waals surface area contributed by atoms with Gasteiger partial charge in [-0.15, -0.1) is 0 Å². The number of hydrogen-bond donors (Lipinski definition) is 1. The van der Waals surface area contributed by atoms with Crippen molar-refractivity contribution in [2.75, 3.05) is 0 Å². The maximum atomic E-state index is 8.20. The first-order chi connectivity index (χ1) is 5.31. The fourth-order valence-electron chi connectivity index (χ4n) is 0.350. The highest BCUT2D eigenvalue weighted by molar-refractivity contribution is 6.25. The molecule has 0 spiro atoms. The van der Waals surface area contributed by atoms with E-state index in [1.807, 2.05) is 20.8 Å². The molecule has 0 heterocycles. The average Bonchev–Trinajstić information content (AvgIpc) is 2.05. The highest BCUT2D eigenvalue weighted by atomic mass is 35.5. The van der Waals surface area contributed by atoms with Crippen LogP contribution in [0, 0.1) is 0 Å². The second-order valence-electron chi connectivity index (χ2n) is 1.54. The summed E-state index contributed by atoms with van der Waals surface area (Å²) in [5.74, 6) is 0. The molecule has 0 aliphatic carbocycles. The van der Waals surface area contributed by atoms with Crippen LogP contribution in [0.25, 0.3) is 0 Å². The Labute approximate surface area is 73.7 Å². The van der Waals surface area contributed by atoms with E-state index in [1.54, 1.807) is 12.2 Å². The maximum absolute atomic E-state index is 8.20. The molecule has 0 fully saturated rings. The van der Waals surface area contributed by atoms with Crippen molar-refractivity contribution in [2.45, 2.75) is 20.8 Å². The Morgan fingerprint density at radius 2 is 1.91 bits per heavy atom. The highest BCUT2D eigenvalue weighted by Crippen LogP contribution is 1.95. The number of aliphatic hydroxyl groups is 1. The molecule has 0 aliphatic heterocycles. The van der Waals surface area contributed by atoms with Gasteiger partial charge in [-0.25, -0.2) is 0 Å². The summed E-state index contributed by atoms with van der Waals surface area (Å²) in [5.41, 5.74) is 2.42. The van der Waals surface area contributed by atoms with Gasteiger partial charge in [-0.2, -0.15) is 0 Å². The molecular weight excluding hydrogens is 160 g/mol. The summed E-state index contributed by atoms with van der Waals surface area (Å²) in [6, 6.07) is 0. The monoisotopic (exact) mass is 174 g/mol. The topological polar surface area (TPSA) is 20.2 Å². The van der Waals surface area contributed by atoms with E-state index in [2.05, 4.69) is 0 Å². The Balaban J connectivity index is 0. The lowest BCUT2D eigenvalue weighted by molar-refractivity contribution is 0.473. The quantitative estimate of drug-likeness (QED) is 0.499. The molecule has 0 unspecified atom stereocenters. The molecule has 2 heteroatoms. The molecule has 0 rings (SSSR count). The number of hydrogen-bond acceptors (Lipinski definition) is 1. The molecule has 0 amide bonds. The van der Waals surface area contributed by atoms with Crippen molar-refractivity contribution in [3.63, 3.8) is 0 Å². The molecule has 0 saturated carbocycles. The molecular formula is C9H15ClO. The van der Waals surface area contributed by atoms with Gasteiger partial charge in [-0.1, -0.05) is 37.1 Å². The molecule has 1 N–H and O–H groups in total. The number of rotatable bonds is 2. The van der Waals surface area contributed by atoms with Crippen LogP contribution < -0.4 is 0 Å². The lowest BCUT2D eigenvalue weighted by atomic mass is 10.3. The third-order valence-electron chi connectivity index (χ3n) is 0.771. The van der Waals surface area contributed by atoms with Crippen molar-refractivity contribution < 1.29 is 5.11 Å². The molecule has 1 nitrogen and oxygen atoms in total. The maximum Gasteiger partial charge on any atom is 0.0791 e. The van der Waals surface area contributed by atoms with Crippen LogP contribution in [0.2, 0.25) is 0 Å². The fraction of sp³-hybridized carbons (Fsp3) is 0.333. The first kappa shape index (κ1) is 12.9. The van der Waals surface area contributed by atoms with Gasteiger partial charge in [-0.3, -0.25) is 0 Å². The van der Waals surface area contributed by atoms with Crippen molar-refractivity contribution in [3.8, 4) is 0 Å². The van der Waals surface area contributed by atoms with Crippen LogP contribution in [0.3, 0.4) is 0 Å². The van der Waals surface area contributed by atoms with Crippen LogP contribution in [0.5, 0.6) is 0 Å². The van der Waals surface area contributed by atoms with Gasteiger partial charge < -0.3 is 5.11 Å². The van der Waals surface area contributed by atoms with E-state index in [0.717, 1.165) is 11.8 Å². The van der Waals surface area contributed by atoms with Gasteiger partial charge in [0.2, 0.25) is 0 Å². The summed E-state index contributed by atoms with van der Waals surface area (Å²) in [6.45, 7) is 5.89. The van der Waals surface area contributed by atoms with Gasteiger partial charge >= 0.3 is 0 Å². The minimum atomic E-state index is 0.978. The van der Waals surface area contributed by atoms with Gasteiger partial charge in [0.15, 0.2) is 0 Å². The van der Waals surface area contributed by atoms with E-state index in [9.17, 15) is 0 Å². The number of aliphatic hydroxyl groups excluding tert-OH is 1. The zero-order valence-electron chi connectivity index (χ0n) is 7.21. The largest absolute Gasteiger partial charge is 0.516 e. The fourth-order valence-corrected chi connectivity index (χ4v) is 0.548. The minimum absolute atomic E-state index is 0.978. The lowest BCUT2D eigenvalue weighted by Gasteiger charge is -1.82. The standard InChI is InChI=1S/C7H9ClO.C2H6/c1-7(4-5-8)3-2-6-9;1-2/h2-6,9H,1H3;1-2H3/b5-4+,6-2+,7-3-;. The third kappa shape index (κ3) is 12.5. The van der Waals surface area contributed by atoms with Crippen LogP contribution >= 0.6 is 11.6 Å². The van der Waals surface area contributed by atoms with E-state index in [1.165, 1.54) is 11.6 Å². The zero-order chi connectivity index (χ0) is 9.11. The third-order valence-corrected chi connectivity index (χ3v) is 0.897. The van der Waals surface area contributed by atoms with Crippen molar-refractivity contribution in [1.29, 1.82) is 0 Å². The molecule has 0 aromatic rings. The van der Waals surface area contributed by atoms with Gasteiger partial charge in [0.05, 0.1) is 6.26 Å². The average molecular weight is 175 g/mol. The van der Waals surface area contributed by atoms with Gasteiger partial charge in [0, 0.05) is 5.54 Å². The zero-order valence-corrected chi connectivity index (χ0v) is 7.97. The summed E-state index contributed by atoms with van der Waals surface area (Å²) < 4.78 is 0. The van der Waals surface area contributed by atoms with Crippen LogP contribution in [0.15, 0.2) is 35.6 Å². The predicted molar refractivity (Wildman–Crippen MR) is 51.9 cm³/mol. The number of halogens is 1. The highest BCUT2D eigenvalue weighted by Gasteiger charge is 1.74. The molecule has 0 aliphatic rings. The molecule has 0 radical (unpaired) electrons. The predicted octanol–water partition coefficient (Wildman–Crippen LogP) is 3.78. The van der Waals surface area contributed by atoms with Crippen LogP contribution in [0.1, 0.15) is 20.8 Å². The second kappa shape index (κ2) is 12.0. The lowest BCUT2D eigenvalue weighted by Crippen LogP contribution is -1.62. The molecule has 64 valence electrons. The summed E-state index contributed by atoms with van der Waals surface area (Å²) in [7, 11) is 0. The summed E-state index contributed by atoms with van der Waals surface area (Å²) >= 11 is 5.27. The van der Waals surface area contributed by atoms with E-state index < -0.39 is 0 Å². The van der Waals surface area contributed by atoms with Crippen LogP contribution in [-0.2, 0) is 0 Å². The summed E-state index contributed by atoms with van der Waals surface area (Å²) in [6.07, 6.45) is 6.00. The Bertz CT molecular complexity index is 146. The van der Waals surface area contributed by atoms with E-state index in [0.29, 0.717) is 0 Å². The molecule has 0 bridgehead atoms. The second-order valence-corrected chi connectivity index (χ2v) is 1.80. The normalized spacial score (nSPS) is 11.8. The summed E-state index contributed by atoms with van der Waals surface area (Å²) in [5, 5.41) is 8.20. The minimum Gasteiger partial charge on any atom is -0.516 e. The Morgan fingerprint density at radius 1 is 1.36 bits per heavy atom. The Morgan fingerprint density at radius 3 is 2.27 bits per heavy atom. The van der Waals surface area contributed by atoms with Crippen molar-refractivity contribution >= 4 is 11.6 Å². The van der Waals surface area contributed by atoms with Gasteiger partial charge in [-0.05, 0) is 19.1 Å². The summed E-state index contributed by atoms with van der Waals surface area (Å²) in [4.78, 5) is 0. The van der Waals surface area contributed by atoms with Crippen LogP contribution in [-0.4, -0.2) is 5.11 Å². The van der Waals surface area contributed by atoms with Crippen molar-refractivity contribution in [2.24, 2.45) is 0 Å². The molecule has 0 aromatic carbocycles. The Kier molecular flexibility index (Phi) is 14.2. The van der Waals surface area contributed by atoms with E-state index in [4.69, 9.17) is 16.7 Å². The van der Waals surface area contributed by atoms with Gasteiger partial charge in [0.1, 0.15) is 0 Å². The van der Waals surface area contributed by atoms with Crippen molar-refractivity contribution in [1.82, 2.24) is 0 Å². The SMILES string of the molecule is CC.CC(=C/C=C/O)/C=C/Cl. The first-order valence-corrected chi connectivity index (χ1v) is 3.99.